The SMILES string of the molecule is O=CC1CCC2CC(c3ccc(Cl)cc3)CCC2C1. The molecule has 1 nitrogen and oxygen atoms in total. The maximum absolute atomic E-state index is 10.9. The lowest BCUT2D eigenvalue weighted by atomic mass is 9.64. The van der Waals surface area contributed by atoms with E-state index in [1.807, 2.05) is 12.1 Å². The third-order valence-corrected chi connectivity index (χ3v) is 5.44. The van der Waals surface area contributed by atoms with Crippen molar-refractivity contribution in [2.45, 2.75) is 44.4 Å². The van der Waals surface area contributed by atoms with Crippen LogP contribution in [0.25, 0.3) is 0 Å². The van der Waals surface area contributed by atoms with Crippen LogP contribution in [-0.4, -0.2) is 6.29 Å². The summed E-state index contributed by atoms with van der Waals surface area (Å²) >= 11 is 5.96. The van der Waals surface area contributed by atoms with Crippen LogP contribution in [0.1, 0.15) is 50.0 Å². The highest BCUT2D eigenvalue weighted by Gasteiger charge is 2.35. The molecule has 1 aromatic carbocycles. The van der Waals surface area contributed by atoms with E-state index in [0.717, 1.165) is 29.7 Å². The predicted molar refractivity (Wildman–Crippen MR) is 78.4 cm³/mol. The van der Waals surface area contributed by atoms with Crippen LogP contribution in [-0.2, 0) is 4.79 Å². The molecule has 0 aromatic heterocycles. The van der Waals surface area contributed by atoms with Crippen molar-refractivity contribution in [2.75, 3.05) is 0 Å². The zero-order valence-electron chi connectivity index (χ0n) is 11.2. The Morgan fingerprint density at radius 1 is 0.947 bits per heavy atom. The Hall–Kier alpha value is -0.820. The van der Waals surface area contributed by atoms with Crippen molar-refractivity contribution in [2.24, 2.45) is 17.8 Å². The van der Waals surface area contributed by atoms with Crippen LogP contribution in [0.2, 0.25) is 5.02 Å². The molecule has 2 aliphatic carbocycles. The van der Waals surface area contributed by atoms with E-state index >= 15 is 0 Å². The zero-order chi connectivity index (χ0) is 13.2. The van der Waals surface area contributed by atoms with Gasteiger partial charge in [0.1, 0.15) is 6.29 Å². The first-order valence-corrected chi connectivity index (χ1v) is 7.85. The Balaban J connectivity index is 1.66. The largest absolute Gasteiger partial charge is 0.303 e. The van der Waals surface area contributed by atoms with Crippen molar-refractivity contribution in [3.05, 3.63) is 34.9 Å². The van der Waals surface area contributed by atoms with Crippen molar-refractivity contribution in [3.8, 4) is 0 Å². The highest BCUT2D eigenvalue weighted by molar-refractivity contribution is 6.30. The van der Waals surface area contributed by atoms with Gasteiger partial charge in [0.05, 0.1) is 0 Å². The number of hydrogen-bond donors (Lipinski definition) is 0. The van der Waals surface area contributed by atoms with E-state index < -0.39 is 0 Å². The van der Waals surface area contributed by atoms with Gasteiger partial charge in [-0.25, -0.2) is 0 Å². The molecule has 19 heavy (non-hydrogen) atoms. The lowest BCUT2D eigenvalue weighted by molar-refractivity contribution is -0.113. The molecule has 2 heteroatoms. The molecule has 0 radical (unpaired) electrons. The number of rotatable bonds is 2. The summed E-state index contributed by atoms with van der Waals surface area (Å²) in [4.78, 5) is 10.9. The fraction of sp³-hybridized carbons (Fsp3) is 0.588. The number of hydrogen-bond acceptors (Lipinski definition) is 1. The average Bonchev–Trinajstić information content (AvgIpc) is 2.47. The highest BCUT2D eigenvalue weighted by atomic mass is 35.5. The standard InChI is InChI=1S/C17H21ClO/c18-17-7-5-13(6-8-17)15-4-3-14-9-12(11-19)1-2-16(14)10-15/h5-8,11-12,14-16H,1-4,9-10H2. The summed E-state index contributed by atoms with van der Waals surface area (Å²) in [6.07, 6.45) is 8.55. The zero-order valence-corrected chi connectivity index (χ0v) is 12.0. The molecular weight excluding hydrogens is 256 g/mol. The van der Waals surface area contributed by atoms with Gasteiger partial charge in [0.25, 0.3) is 0 Å². The smallest absolute Gasteiger partial charge is 0.123 e. The fourth-order valence-electron chi connectivity index (χ4n) is 4.09. The predicted octanol–water partition coefficient (Wildman–Crippen LogP) is 4.84. The van der Waals surface area contributed by atoms with Gasteiger partial charge in [0.15, 0.2) is 0 Å². The fourth-order valence-corrected chi connectivity index (χ4v) is 4.21. The van der Waals surface area contributed by atoms with Crippen molar-refractivity contribution < 1.29 is 4.79 Å². The average molecular weight is 277 g/mol. The van der Waals surface area contributed by atoms with Crippen LogP contribution < -0.4 is 0 Å². The maximum atomic E-state index is 10.9. The molecule has 0 bridgehead atoms. The molecule has 4 atom stereocenters. The first kappa shape index (κ1) is 13.2. The van der Waals surface area contributed by atoms with E-state index in [4.69, 9.17) is 11.6 Å². The summed E-state index contributed by atoms with van der Waals surface area (Å²) in [5.74, 6) is 2.68. The molecule has 0 aliphatic heterocycles. The quantitative estimate of drug-likeness (QED) is 0.707. The molecule has 0 saturated heterocycles. The first-order chi connectivity index (χ1) is 9.26. The van der Waals surface area contributed by atoms with Crippen LogP contribution in [0.5, 0.6) is 0 Å². The van der Waals surface area contributed by atoms with Gasteiger partial charge < -0.3 is 4.79 Å². The van der Waals surface area contributed by atoms with Crippen molar-refractivity contribution in [1.29, 1.82) is 0 Å². The number of fused-ring (bicyclic) bond motifs is 1. The van der Waals surface area contributed by atoms with Gasteiger partial charge in [0.2, 0.25) is 0 Å². The topological polar surface area (TPSA) is 17.1 Å². The summed E-state index contributed by atoms with van der Waals surface area (Å²) in [5.41, 5.74) is 1.44. The van der Waals surface area contributed by atoms with E-state index in [2.05, 4.69) is 12.1 Å². The molecule has 2 saturated carbocycles. The summed E-state index contributed by atoms with van der Waals surface area (Å²) in [5, 5.41) is 0.823. The Bertz CT molecular complexity index is 439. The van der Waals surface area contributed by atoms with Crippen molar-refractivity contribution in [3.63, 3.8) is 0 Å². The Morgan fingerprint density at radius 2 is 1.63 bits per heavy atom. The Kier molecular flexibility index (Phi) is 3.93. The van der Waals surface area contributed by atoms with Gasteiger partial charge in [-0.05, 0) is 74.0 Å². The molecule has 0 amide bonds. The molecule has 0 heterocycles. The first-order valence-electron chi connectivity index (χ1n) is 7.47. The summed E-state index contributed by atoms with van der Waals surface area (Å²) in [6.45, 7) is 0. The third kappa shape index (κ3) is 2.86. The normalized spacial score (nSPS) is 34.6. The second kappa shape index (κ2) is 5.66. The molecule has 0 N–H and O–H groups in total. The number of carbonyl (C=O) groups excluding carboxylic acids is 1. The van der Waals surface area contributed by atoms with E-state index in [0.29, 0.717) is 11.8 Å². The Morgan fingerprint density at radius 3 is 2.37 bits per heavy atom. The molecule has 2 aliphatic rings. The maximum Gasteiger partial charge on any atom is 0.123 e. The summed E-state index contributed by atoms with van der Waals surface area (Å²) in [7, 11) is 0. The lowest BCUT2D eigenvalue weighted by Gasteiger charge is -2.41. The molecule has 0 spiro atoms. The van der Waals surface area contributed by atoms with Gasteiger partial charge >= 0.3 is 0 Å². The van der Waals surface area contributed by atoms with Crippen LogP contribution in [0.15, 0.2) is 24.3 Å². The number of carbonyl (C=O) groups is 1. The van der Waals surface area contributed by atoms with Crippen LogP contribution >= 0.6 is 11.6 Å². The number of aldehydes is 1. The van der Waals surface area contributed by atoms with Gasteiger partial charge in [-0.3, -0.25) is 0 Å². The summed E-state index contributed by atoms with van der Waals surface area (Å²) in [6, 6.07) is 8.38. The molecular formula is C17H21ClO. The van der Waals surface area contributed by atoms with E-state index in [1.54, 1.807) is 0 Å². The van der Waals surface area contributed by atoms with Crippen LogP contribution in [0, 0.1) is 17.8 Å². The summed E-state index contributed by atoms with van der Waals surface area (Å²) < 4.78 is 0. The van der Waals surface area contributed by atoms with Gasteiger partial charge in [-0.15, -0.1) is 0 Å². The Labute approximate surface area is 120 Å². The highest BCUT2D eigenvalue weighted by Crippen LogP contribution is 2.47. The second-order valence-corrected chi connectivity index (χ2v) is 6.73. The van der Waals surface area contributed by atoms with Crippen molar-refractivity contribution in [1.82, 2.24) is 0 Å². The minimum Gasteiger partial charge on any atom is -0.303 e. The van der Waals surface area contributed by atoms with Gasteiger partial charge in [0, 0.05) is 10.9 Å². The molecule has 4 unspecified atom stereocenters. The van der Waals surface area contributed by atoms with Gasteiger partial charge in [-0.2, -0.15) is 0 Å². The van der Waals surface area contributed by atoms with Crippen LogP contribution in [0.4, 0.5) is 0 Å². The number of halogens is 1. The lowest BCUT2D eigenvalue weighted by Crippen LogP contribution is -2.30. The minimum atomic E-state index is 0.341. The van der Waals surface area contributed by atoms with Crippen molar-refractivity contribution >= 4 is 17.9 Å². The monoisotopic (exact) mass is 276 g/mol. The molecule has 2 fully saturated rings. The van der Waals surface area contributed by atoms with Crippen LogP contribution in [0.3, 0.4) is 0 Å². The molecule has 3 rings (SSSR count). The molecule has 102 valence electrons. The third-order valence-electron chi connectivity index (χ3n) is 5.19. The molecule has 1 aromatic rings. The number of benzene rings is 1. The van der Waals surface area contributed by atoms with E-state index in [-0.39, 0.29) is 0 Å². The van der Waals surface area contributed by atoms with Gasteiger partial charge in [-0.1, -0.05) is 23.7 Å². The van der Waals surface area contributed by atoms with E-state index in [9.17, 15) is 4.79 Å². The second-order valence-electron chi connectivity index (χ2n) is 6.29. The van der Waals surface area contributed by atoms with E-state index in [1.165, 1.54) is 37.5 Å². The minimum absolute atomic E-state index is 0.341.